The summed E-state index contributed by atoms with van der Waals surface area (Å²) in [6.45, 7) is 6.12. The highest BCUT2D eigenvalue weighted by atomic mass is 16.5. The number of rotatable bonds is 9. The molecule has 0 aromatic heterocycles. The summed E-state index contributed by atoms with van der Waals surface area (Å²) in [4.78, 5) is 16.9. The van der Waals surface area contributed by atoms with Crippen molar-refractivity contribution in [1.82, 2.24) is 15.1 Å². The first kappa shape index (κ1) is 20.4. The number of nitrogens with one attached hydrogen (secondary N) is 1. The lowest BCUT2D eigenvalue weighted by atomic mass is 10.1. The van der Waals surface area contributed by atoms with Crippen molar-refractivity contribution in [2.75, 3.05) is 46.4 Å². The second-order valence-electron chi connectivity index (χ2n) is 7.24. The highest BCUT2D eigenvalue weighted by molar-refractivity contribution is 5.76. The van der Waals surface area contributed by atoms with Gasteiger partial charge < -0.3 is 15.0 Å². The van der Waals surface area contributed by atoms with Gasteiger partial charge in [0.2, 0.25) is 5.91 Å². The Bertz CT molecular complexity index is 728. The van der Waals surface area contributed by atoms with Gasteiger partial charge in [-0.25, -0.2) is 0 Å². The van der Waals surface area contributed by atoms with Crippen molar-refractivity contribution in [3.63, 3.8) is 0 Å². The second-order valence-corrected chi connectivity index (χ2v) is 7.24. The molecule has 0 saturated carbocycles. The molecule has 150 valence electrons. The lowest BCUT2D eigenvalue weighted by Crippen LogP contribution is -2.48. The number of hydrogen-bond acceptors (Lipinski definition) is 4. The van der Waals surface area contributed by atoms with Crippen LogP contribution in [0.15, 0.2) is 54.6 Å². The molecule has 5 heteroatoms. The molecule has 0 spiro atoms. The molecule has 1 aliphatic rings. The molecule has 1 saturated heterocycles. The Morgan fingerprint density at radius 1 is 0.964 bits per heavy atom. The van der Waals surface area contributed by atoms with Crippen molar-refractivity contribution in [2.45, 2.75) is 19.4 Å². The van der Waals surface area contributed by atoms with Gasteiger partial charge in [0, 0.05) is 45.7 Å². The van der Waals surface area contributed by atoms with Gasteiger partial charge in [0.1, 0.15) is 5.75 Å². The average molecular weight is 382 g/mol. The fourth-order valence-electron chi connectivity index (χ4n) is 3.54. The zero-order valence-electron chi connectivity index (χ0n) is 16.8. The van der Waals surface area contributed by atoms with Crippen LogP contribution < -0.4 is 10.1 Å². The van der Waals surface area contributed by atoms with Gasteiger partial charge >= 0.3 is 0 Å². The van der Waals surface area contributed by atoms with E-state index in [0.717, 1.165) is 58.0 Å². The van der Waals surface area contributed by atoms with E-state index in [0.29, 0.717) is 6.42 Å². The number of ether oxygens (including phenoxy) is 1. The van der Waals surface area contributed by atoms with Gasteiger partial charge in [-0.1, -0.05) is 42.5 Å². The summed E-state index contributed by atoms with van der Waals surface area (Å²) in [5.41, 5.74) is 2.58. The van der Waals surface area contributed by atoms with Crippen LogP contribution in [0.25, 0.3) is 0 Å². The summed E-state index contributed by atoms with van der Waals surface area (Å²) in [6, 6.07) is 18.7. The smallest absolute Gasteiger partial charge is 0.223 e. The number of methoxy groups -OCH3 is 1. The Balaban J connectivity index is 1.29. The van der Waals surface area contributed by atoms with Crippen LogP contribution in [0.5, 0.6) is 5.75 Å². The third-order valence-corrected chi connectivity index (χ3v) is 5.21. The number of nitrogens with zero attached hydrogens (tertiary/aromatic N) is 2. The Morgan fingerprint density at radius 3 is 2.46 bits per heavy atom. The molecule has 1 fully saturated rings. The van der Waals surface area contributed by atoms with E-state index in [4.69, 9.17) is 4.74 Å². The van der Waals surface area contributed by atoms with E-state index in [1.165, 1.54) is 11.1 Å². The number of benzene rings is 2. The van der Waals surface area contributed by atoms with Gasteiger partial charge in [-0.3, -0.25) is 9.69 Å². The molecule has 0 aliphatic carbocycles. The highest BCUT2D eigenvalue weighted by Crippen LogP contribution is 2.12. The first-order valence-corrected chi connectivity index (χ1v) is 10.1. The minimum Gasteiger partial charge on any atom is -0.497 e. The van der Waals surface area contributed by atoms with Gasteiger partial charge in [-0.15, -0.1) is 0 Å². The van der Waals surface area contributed by atoms with Crippen LogP contribution in [-0.4, -0.2) is 62.1 Å². The Morgan fingerprint density at radius 2 is 1.71 bits per heavy atom. The van der Waals surface area contributed by atoms with E-state index in [9.17, 15) is 4.79 Å². The monoisotopic (exact) mass is 381 g/mol. The topological polar surface area (TPSA) is 44.8 Å². The van der Waals surface area contributed by atoms with Gasteiger partial charge in [0.05, 0.1) is 7.11 Å². The molecule has 2 aromatic rings. The molecule has 0 radical (unpaired) electrons. The molecular weight excluding hydrogens is 350 g/mol. The number of amides is 1. The highest BCUT2D eigenvalue weighted by Gasteiger charge is 2.20. The molecule has 0 unspecified atom stereocenters. The number of carbonyl (C=O) groups excluding carboxylic acids is 1. The van der Waals surface area contributed by atoms with Crippen LogP contribution in [0.2, 0.25) is 0 Å². The molecule has 1 N–H and O–H groups in total. The SMILES string of the molecule is COc1cccc(CCNCCC(=O)N2CCN(Cc3ccccc3)CC2)c1. The Kier molecular flexibility index (Phi) is 7.88. The molecule has 28 heavy (non-hydrogen) atoms. The van der Waals surface area contributed by atoms with Crippen molar-refractivity contribution in [3.05, 3.63) is 65.7 Å². The lowest BCUT2D eigenvalue weighted by molar-refractivity contribution is -0.132. The Hall–Kier alpha value is -2.37. The normalized spacial score (nSPS) is 14.8. The summed E-state index contributed by atoms with van der Waals surface area (Å²) >= 11 is 0. The van der Waals surface area contributed by atoms with Crippen LogP contribution in [0.3, 0.4) is 0 Å². The fraction of sp³-hybridized carbons (Fsp3) is 0.435. The number of piperazine rings is 1. The number of hydrogen-bond donors (Lipinski definition) is 1. The summed E-state index contributed by atoms with van der Waals surface area (Å²) in [7, 11) is 1.68. The predicted octanol–water partition coefficient (Wildman–Crippen LogP) is 2.56. The predicted molar refractivity (Wildman–Crippen MR) is 112 cm³/mol. The molecule has 1 heterocycles. The lowest BCUT2D eigenvalue weighted by Gasteiger charge is -2.34. The molecule has 1 amide bonds. The van der Waals surface area contributed by atoms with Crippen molar-refractivity contribution in [2.24, 2.45) is 0 Å². The third kappa shape index (κ3) is 6.36. The standard InChI is InChI=1S/C23H31N3O2/c1-28-22-9-5-8-20(18-22)10-12-24-13-11-23(27)26-16-14-25(15-17-26)19-21-6-3-2-4-7-21/h2-9,18,24H,10-17,19H2,1H3. The Labute approximate surface area is 168 Å². The third-order valence-electron chi connectivity index (χ3n) is 5.21. The van der Waals surface area contributed by atoms with Crippen molar-refractivity contribution >= 4 is 5.91 Å². The zero-order chi connectivity index (χ0) is 19.6. The molecule has 3 rings (SSSR count). The first-order valence-electron chi connectivity index (χ1n) is 10.1. The van der Waals surface area contributed by atoms with E-state index < -0.39 is 0 Å². The molecule has 1 aliphatic heterocycles. The van der Waals surface area contributed by atoms with Crippen molar-refractivity contribution in [3.8, 4) is 5.75 Å². The van der Waals surface area contributed by atoms with E-state index in [1.807, 2.05) is 23.1 Å². The molecular formula is C23H31N3O2. The first-order chi connectivity index (χ1) is 13.7. The second kappa shape index (κ2) is 10.8. The minimum absolute atomic E-state index is 0.258. The maximum Gasteiger partial charge on any atom is 0.223 e. The van der Waals surface area contributed by atoms with E-state index >= 15 is 0 Å². The van der Waals surface area contributed by atoms with Crippen LogP contribution in [0.4, 0.5) is 0 Å². The zero-order valence-corrected chi connectivity index (χ0v) is 16.8. The number of carbonyl (C=O) groups is 1. The van der Waals surface area contributed by atoms with Crippen LogP contribution >= 0.6 is 0 Å². The van der Waals surface area contributed by atoms with Crippen LogP contribution in [-0.2, 0) is 17.8 Å². The van der Waals surface area contributed by atoms with E-state index in [-0.39, 0.29) is 5.91 Å². The van der Waals surface area contributed by atoms with Gasteiger partial charge in [0.15, 0.2) is 0 Å². The summed E-state index contributed by atoms with van der Waals surface area (Å²) in [5.74, 6) is 1.15. The van der Waals surface area contributed by atoms with Crippen molar-refractivity contribution < 1.29 is 9.53 Å². The maximum absolute atomic E-state index is 12.4. The summed E-state index contributed by atoms with van der Waals surface area (Å²) < 4.78 is 5.25. The quantitative estimate of drug-likeness (QED) is 0.678. The molecule has 5 nitrogen and oxygen atoms in total. The molecule has 0 bridgehead atoms. The fourth-order valence-corrected chi connectivity index (χ4v) is 3.54. The van der Waals surface area contributed by atoms with Gasteiger partial charge in [-0.05, 0) is 36.2 Å². The van der Waals surface area contributed by atoms with Crippen molar-refractivity contribution in [1.29, 1.82) is 0 Å². The van der Waals surface area contributed by atoms with E-state index in [1.54, 1.807) is 7.11 Å². The summed E-state index contributed by atoms with van der Waals surface area (Å²) in [5, 5.41) is 3.38. The molecule has 2 aromatic carbocycles. The summed E-state index contributed by atoms with van der Waals surface area (Å²) in [6.07, 6.45) is 1.50. The van der Waals surface area contributed by atoms with Gasteiger partial charge in [0.25, 0.3) is 0 Å². The maximum atomic E-state index is 12.4. The largest absolute Gasteiger partial charge is 0.497 e. The minimum atomic E-state index is 0.258. The average Bonchev–Trinajstić information content (AvgIpc) is 2.75. The van der Waals surface area contributed by atoms with Crippen LogP contribution in [0.1, 0.15) is 17.5 Å². The van der Waals surface area contributed by atoms with Gasteiger partial charge in [-0.2, -0.15) is 0 Å². The van der Waals surface area contributed by atoms with E-state index in [2.05, 4.69) is 46.6 Å². The molecule has 0 atom stereocenters. The van der Waals surface area contributed by atoms with Crippen LogP contribution in [0, 0.1) is 0 Å².